The molecule has 0 radical (unpaired) electrons. The molecule has 0 heterocycles. The van der Waals surface area contributed by atoms with Gasteiger partial charge in [-0.05, 0) is 36.3 Å². The van der Waals surface area contributed by atoms with Gasteiger partial charge in [0.25, 0.3) is 11.6 Å². The first-order valence-corrected chi connectivity index (χ1v) is 9.85. The molecule has 0 unspecified atom stereocenters. The van der Waals surface area contributed by atoms with Crippen LogP contribution in [0.15, 0.2) is 57.4 Å². The minimum atomic E-state index is -0.515. The summed E-state index contributed by atoms with van der Waals surface area (Å²) in [5, 5.41) is 17.8. The fourth-order valence-electron chi connectivity index (χ4n) is 2.55. The van der Waals surface area contributed by atoms with E-state index in [1.54, 1.807) is 36.4 Å². The molecule has 0 fully saturated rings. The van der Waals surface area contributed by atoms with Crippen molar-refractivity contribution < 1.29 is 9.72 Å². The van der Waals surface area contributed by atoms with E-state index in [9.17, 15) is 14.9 Å². The summed E-state index contributed by atoms with van der Waals surface area (Å²) < 4.78 is 0. The highest BCUT2D eigenvalue weighted by atomic mass is 32.2. The van der Waals surface area contributed by atoms with Gasteiger partial charge in [0.1, 0.15) is 0 Å². The number of azide groups is 1. The van der Waals surface area contributed by atoms with E-state index in [0.29, 0.717) is 30.2 Å². The molecular weight excluding hydrogens is 404 g/mol. The number of nitro benzene ring substituents is 1. The molecule has 0 spiro atoms. The summed E-state index contributed by atoms with van der Waals surface area (Å²) in [4.78, 5) is 29.2. The second kappa shape index (κ2) is 11.5. The molecule has 0 aliphatic heterocycles. The molecular formula is C20H20N6O3S. The zero-order chi connectivity index (χ0) is 21.9. The van der Waals surface area contributed by atoms with Crippen molar-refractivity contribution >= 4 is 29.0 Å². The molecule has 0 aliphatic rings. The second-order valence-electron chi connectivity index (χ2n) is 6.05. The molecule has 0 bridgehead atoms. The highest BCUT2D eigenvalue weighted by Gasteiger charge is 2.18. The topological polar surface area (TPSA) is 124 Å². The molecule has 0 atom stereocenters. The first kappa shape index (κ1) is 22.8. The van der Waals surface area contributed by atoms with Gasteiger partial charge in [0.2, 0.25) is 0 Å². The van der Waals surface area contributed by atoms with E-state index in [-0.39, 0.29) is 17.2 Å². The summed E-state index contributed by atoms with van der Waals surface area (Å²) >= 11 is 1.19. The summed E-state index contributed by atoms with van der Waals surface area (Å²) in [7, 11) is 0. The van der Waals surface area contributed by atoms with Crippen molar-refractivity contribution in [3.05, 3.63) is 68.6 Å². The SMILES string of the molecule is C#CCN(CC)CCNC(=O)c1ccc(Sc2ccc(N=[N+]=[N-])cc2)c([N+](=O)[O-])c1. The van der Waals surface area contributed by atoms with Crippen LogP contribution in [0.2, 0.25) is 0 Å². The van der Waals surface area contributed by atoms with E-state index in [1.807, 2.05) is 11.8 Å². The number of carbonyl (C=O) groups is 1. The molecule has 10 heteroatoms. The Morgan fingerprint density at radius 2 is 2.10 bits per heavy atom. The number of nitrogens with zero attached hydrogens (tertiary/aromatic N) is 5. The predicted octanol–water partition coefficient (Wildman–Crippen LogP) is 4.37. The number of hydrogen-bond donors (Lipinski definition) is 1. The number of terminal acetylenes is 1. The highest BCUT2D eigenvalue weighted by molar-refractivity contribution is 7.99. The Labute approximate surface area is 178 Å². The van der Waals surface area contributed by atoms with Crippen molar-refractivity contribution in [2.45, 2.75) is 16.7 Å². The van der Waals surface area contributed by atoms with Crippen molar-refractivity contribution in [3.8, 4) is 12.3 Å². The van der Waals surface area contributed by atoms with Gasteiger partial charge in [-0.25, -0.2) is 0 Å². The molecule has 9 nitrogen and oxygen atoms in total. The van der Waals surface area contributed by atoms with Crippen LogP contribution in [0.3, 0.4) is 0 Å². The molecule has 0 aromatic heterocycles. The van der Waals surface area contributed by atoms with Gasteiger partial charge < -0.3 is 5.32 Å². The van der Waals surface area contributed by atoms with E-state index in [1.165, 1.54) is 17.8 Å². The van der Waals surface area contributed by atoms with E-state index in [4.69, 9.17) is 12.0 Å². The monoisotopic (exact) mass is 424 g/mol. The Hall–Kier alpha value is -3.51. The maximum absolute atomic E-state index is 12.4. The van der Waals surface area contributed by atoms with Gasteiger partial charge in [0, 0.05) is 40.2 Å². The Morgan fingerprint density at radius 3 is 2.70 bits per heavy atom. The fourth-order valence-corrected chi connectivity index (χ4v) is 3.45. The summed E-state index contributed by atoms with van der Waals surface area (Å²) in [5.41, 5.74) is 8.95. The van der Waals surface area contributed by atoms with Gasteiger partial charge >= 0.3 is 0 Å². The Bertz CT molecular complexity index is 997. The maximum Gasteiger partial charge on any atom is 0.284 e. The van der Waals surface area contributed by atoms with Crippen LogP contribution in [0.4, 0.5) is 11.4 Å². The molecule has 154 valence electrons. The van der Waals surface area contributed by atoms with Crippen LogP contribution in [-0.4, -0.2) is 41.9 Å². The summed E-state index contributed by atoms with van der Waals surface area (Å²) in [5.74, 6) is 2.17. The molecule has 2 aromatic carbocycles. The quantitative estimate of drug-likeness (QED) is 0.151. The van der Waals surface area contributed by atoms with E-state index in [2.05, 4.69) is 21.3 Å². The average Bonchev–Trinajstić information content (AvgIpc) is 2.74. The third kappa shape index (κ3) is 6.53. The second-order valence-corrected chi connectivity index (χ2v) is 7.17. The highest BCUT2D eigenvalue weighted by Crippen LogP contribution is 2.36. The van der Waals surface area contributed by atoms with Crippen LogP contribution in [0, 0.1) is 22.5 Å². The number of nitro groups is 1. The lowest BCUT2D eigenvalue weighted by molar-refractivity contribution is -0.387. The van der Waals surface area contributed by atoms with Crippen molar-refractivity contribution in [2.24, 2.45) is 5.11 Å². The van der Waals surface area contributed by atoms with Crippen molar-refractivity contribution in [2.75, 3.05) is 26.2 Å². The molecule has 2 rings (SSSR count). The van der Waals surface area contributed by atoms with Gasteiger partial charge in [-0.3, -0.25) is 19.8 Å². The summed E-state index contributed by atoms with van der Waals surface area (Å²) in [6, 6.07) is 11.0. The number of nitrogens with one attached hydrogen (secondary N) is 1. The summed E-state index contributed by atoms with van der Waals surface area (Å²) in [6.07, 6.45) is 5.30. The number of benzene rings is 2. The lowest BCUT2D eigenvalue weighted by Crippen LogP contribution is -2.35. The average molecular weight is 424 g/mol. The number of amides is 1. The van der Waals surface area contributed by atoms with Gasteiger partial charge in [-0.2, -0.15) is 0 Å². The Morgan fingerprint density at radius 1 is 1.37 bits per heavy atom. The van der Waals surface area contributed by atoms with Crippen molar-refractivity contribution in [1.82, 2.24) is 10.2 Å². The smallest absolute Gasteiger partial charge is 0.284 e. The number of hydrogen-bond acceptors (Lipinski definition) is 6. The third-order valence-corrected chi connectivity index (χ3v) is 5.19. The first-order valence-electron chi connectivity index (χ1n) is 9.04. The Balaban J connectivity index is 2.10. The van der Waals surface area contributed by atoms with Gasteiger partial charge in [-0.1, -0.05) is 41.9 Å². The van der Waals surface area contributed by atoms with Crippen molar-refractivity contribution in [3.63, 3.8) is 0 Å². The van der Waals surface area contributed by atoms with E-state index < -0.39 is 4.92 Å². The molecule has 0 saturated carbocycles. The lowest BCUT2D eigenvalue weighted by Gasteiger charge is -2.17. The minimum absolute atomic E-state index is 0.158. The maximum atomic E-state index is 12.4. The van der Waals surface area contributed by atoms with Gasteiger partial charge in [0.05, 0.1) is 16.4 Å². The number of likely N-dealkylation sites (N-methyl/N-ethyl adjacent to an activating group) is 1. The third-order valence-electron chi connectivity index (χ3n) is 4.12. The van der Waals surface area contributed by atoms with Crippen LogP contribution >= 0.6 is 11.8 Å². The number of rotatable bonds is 10. The predicted molar refractivity (Wildman–Crippen MR) is 116 cm³/mol. The fraction of sp³-hybridized carbons (Fsp3) is 0.250. The van der Waals surface area contributed by atoms with E-state index >= 15 is 0 Å². The molecule has 0 aliphatic carbocycles. The molecule has 2 aromatic rings. The normalized spacial score (nSPS) is 10.2. The van der Waals surface area contributed by atoms with Gasteiger partial charge in [0.15, 0.2) is 0 Å². The molecule has 0 saturated heterocycles. The Kier molecular flexibility index (Phi) is 8.72. The van der Waals surface area contributed by atoms with Crippen LogP contribution < -0.4 is 5.32 Å². The van der Waals surface area contributed by atoms with Crippen LogP contribution in [0.1, 0.15) is 17.3 Å². The molecule has 30 heavy (non-hydrogen) atoms. The zero-order valence-corrected chi connectivity index (χ0v) is 17.1. The van der Waals surface area contributed by atoms with Crippen LogP contribution in [-0.2, 0) is 0 Å². The van der Waals surface area contributed by atoms with Crippen LogP contribution in [0.5, 0.6) is 0 Å². The number of carbonyl (C=O) groups excluding carboxylic acids is 1. The summed E-state index contributed by atoms with van der Waals surface area (Å²) in [6.45, 7) is 4.21. The minimum Gasteiger partial charge on any atom is -0.351 e. The van der Waals surface area contributed by atoms with E-state index in [0.717, 1.165) is 11.4 Å². The van der Waals surface area contributed by atoms with Crippen LogP contribution in [0.25, 0.3) is 10.4 Å². The van der Waals surface area contributed by atoms with Crippen molar-refractivity contribution in [1.29, 1.82) is 0 Å². The largest absolute Gasteiger partial charge is 0.351 e. The zero-order valence-electron chi connectivity index (χ0n) is 16.3. The molecule has 1 amide bonds. The van der Waals surface area contributed by atoms with Gasteiger partial charge in [-0.15, -0.1) is 6.42 Å². The molecule has 1 N–H and O–H groups in total. The first-order chi connectivity index (χ1) is 14.5. The standard InChI is InChI=1S/C20H20N6O3S/c1-3-12-25(4-2)13-11-22-20(27)15-5-10-19(18(14-15)26(28)29)30-17-8-6-16(7-9-17)23-24-21/h1,5-10,14H,4,11-13H2,2H3,(H,22,27). The lowest BCUT2D eigenvalue weighted by atomic mass is 10.2.